The average Bonchev–Trinajstić information content (AvgIpc) is 1.88. The zero-order valence-electron chi connectivity index (χ0n) is 5.96. The predicted molar refractivity (Wildman–Crippen MR) is 41.9 cm³/mol. The zero-order chi connectivity index (χ0) is 7.11. The van der Waals surface area contributed by atoms with E-state index in [9.17, 15) is 0 Å². The van der Waals surface area contributed by atoms with Gasteiger partial charge in [0.1, 0.15) is 0 Å². The van der Waals surface area contributed by atoms with Crippen molar-refractivity contribution < 1.29 is 0 Å². The predicted octanol–water partition coefficient (Wildman–Crippen LogP) is 1.98. The van der Waals surface area contributed by atoms with Gasteiger partial charge in [-0.1, -0.05) is 18.2 Å². The summed E-state index contributed by atoms with van der Waals surface area (Å²) in [4.78, 5) is 0. The minimum absolute atomic E-state index is 1.14. The highest BCUT2D eigenvalue weighted by Gasteiger charge is 1.77. The smallest absolute Gasteiger partial charge is 0.00565 e. The third-order valence-electron chi connectivity index (χ3n) is 0.981. The first-order chi connectivity index (χ1) is 4.35. The molecule has 0 saturated heterocycles. The number of rotatable bonds is 2. The molecule has 50 valence electrons. The summed E-state index contributed by atoms with van der Waals surface area (Å²) < 4.78 is 0. The van der Waals surface area contributed by atoms with Gasteiger partial charge in [-0.05, 0) is 31.7 Å². The van der Waals surface area contributed by atoms with Gasteiger partial charge in [0.2, 0.25) is 0 Å². The lowest BCUT2D eigenvalue weighted by atomic mass is 10.2. The molecule has 0 spiro atoms. The van der Waals surface area contributed by atoms with Crippen LogP contribution >= 0.6 is 0 Å². The Hall–Kier alpha value is -0.980. The van der Waals surface area contributed by atoms with Crippen molar-refractivity contribution in [2.75, 3.05) is 0 Å². The van der Waals surface area contributed by atoms with E-state index in [0.717, 1.165) is 5.57 Å². The van der Waals surface area contributed by atoms with Gasteiger partial charge in [0, 0.05) is 0 Å². The summed E-state index contributed by atoms with van der Waals surface area (Å²) in [5.41, 5.74) is 6.32. The van der Waals surface area contributed by atoms with Crippen LogP contribution in [0.4, 0.5) is 0 Å². The van der Waals surface area contributed by atoms with Crippen molar-refractivity contribution in [3.8, 4) is 0 Å². The molecule has 0 radical (unpaired) electrons. The molecule has 0 aromatic heterocycles. The normalized spacial score (nSPS) is 13.8. The molecule has 0 fully saturated rings. The van der Waals surface area contributed by atoms with E-state index < -0.39 is 0 Å². The van der Waals surface area contributed by atoms with E-state index in [1.54, 1.807) is 0 Å². The summed E-state index contributed by atoms with van der Waals surface area (Å²) in [6.07, 6.45) is 9.39. The quantitative estimate of drug-likeness (QED) is 0.558. The van der Waals surface area contributed by atoms with E-state index in [4.69, 9.17) is 5.73 Å². The van der Waals surface area contributed by atoms with E-state index >= 15 is 0 Å². The van der Waals surface area contributed by atoms with Crippen LogP contribution in [0.25, 0.3) is 0 Å². The molecule has 0 aromatic rings. The Morgan fingerprint density at radius 3 is 2.22 bits per heavy atom. The Morgan fingerprint density at radius 1 is 1.22 bits per heavy atom. The second-order valence-electron chi connectivity index (χ2n) is 1.65. The third-order valence-corrected chi connectivity index (χ3v) is 0.981. The van der Waals surface area contributed by atoms with Gasteiger partial charge in [-0.3, -0.25) is 0 Å². The molecule has 0 bridgehead atoms. The van der Waals surface area contributed by atoms with Gasteiger partial charge in [-0.15, -0.1) is 0 Å². The number of nitrogens with two attached hydrogens (primary N) is 1. The molecule has 0 rings (SSSR count). The van der Waals surface area contributed by atoms with Crippen LogP contribution in [-0.2, 0) is 0 Å². The fourth-order valence-corrected chi connectivity index (χ4v) is 0.552. The molecule has 0 unspecified atom stereocenters. The van der Waals surface area contributed by atoms with Gasteiger partial charge in [0.05, 0.1) is 0 Å². The van der Waals surface area contributed by atoms with Crippen molar-refractivity contribution in [2.45, 2.75) is 13.8 Å². The van der Waals surface area contributed by atoms with Crippen LogP contribution < -0.4 is 5.73 Å². The van der Waals surface area contributed by atoms with Crippen molar-refractivity contribution in [1.29, 1.82) is 0 Å². The standard InChI is InChI=1S/C8H13N/c1-3-5-8(4-2)6-7-9/h3-7H,9H2,1-2H3/b5-3+,7-6-,8-4-. The summed E-state index contributed by atoms with van der Waals surface area (Å²) in [5, 5.41) is 0. The first-order valence-electron chi connectivity index (χ1n) is 3.02. The Bertz CT molecular complexity index is 127. The SMILES string of the molecule is C/C=C(\C=C/N)/C=C/C. The van der Waals surface area contributed by atoms with Crippen LogP contribution in [0.3, 0.4) is 0 Å². The Balaban J connectivity index is 4.01. The molecule has 0 saturated carbocycles. The van der Waals surface area contributed by atoms with Crippen LogP contribution in [0.2, 0.25) is 0 Å². The molecule has 9 heavy (non-hydrogen) atoms. The summed E-state index contributed by atoms with van der Waals surface area (Å²) >= 11 is 0. The molecule has 1 nitrogen and oxygen atoms in total. The maximum absolute atomic E-state index is 5.18. The maximum atomic E-state index is 5.18. The number of hydrogen-bond acceptors (Lipinski definition) is 1. The second-order valence-corrected chi connectivity index (χ2v) is 1.65. The van der Waals surface area contributed by atoms with E-state index in [1.165, 1.54) is 6.20 Å². The molecule has 0 aliphatic rings. The molecule has 0 aromatic carbocycles. The van der Waals surface area contributed by atoms with Crippen molar-refractivity contribution in [1.82, 2.24) is 0 Å². The average molecular weight is 123 g/mol. The molecule has 0 amide bonds. The van der Waals surface area contributed by atoms with Crippen molar-refractivity contribution in [3.05, 3.63) is 36.1 Å². The molecular formula is C8H13N. The number of allylic oxidation sites excluding steroid dienone is 5. The minimum atomic E-state index is 1.14. The van der Waals surface area contributed by atoms with Gasteiger partial charge in [0.25, 0.3) is 0 Å². The molecule has 1 heteroatoms. The molecule has 0 atom stereocenters. The minimum Gasteiger partial charge on any atom is -0.405 e. The van der Waals surface area contributed by atoms with Crippen molar-refractivity contribution in [2.24, 2.45) is 5.73 Å². The van der Waals surface area contributed by atoms with Gasteiger partial charge in [-0.25, -0.2) is 0 Å². The fourth-order valence-electron chi connectivity index (χ4n) is 0.552. The van der Waals surface area contributed by atoms with Crippen LogP contribution in [0.15, 0.2) is 36.1 Å². The molecule has 0 heterocycles. The van der Waals surface area contributed by atoms with Gasteiger partial charge >= 0.3 is 0 Å². The summed E-state index contributed by atoms with van der Waals surface area (Å²) in [5.74, 6) is 0. The molecular weight excluding hydrogens is 110 g/mol. The van der Waals surface area contributed by atoms with Crippen LogP contribution in [0.1, 0.15) is 13.8 Å². The molecule has 0 aliphatic heterocycles. The van der Waals surface area contributed by atoms with Crippen molar-refractivity contribution >= 4 is 0 Å². The third kappa shape index (κ3) is 3.59. The Kier molecular flexibility index (Phi) is 4.60. The first kappa shape index (κ1) is 8.02. The first-order valence-corrected chi connectivity index (χ1v) is 3.02. The summed E-state index contributed by atoms with van der Waals surface area (Å²) in [6.45, 7) is 3.96. The van der Waals surface area contributed by atoms with Crippen LogP contribution in [-0.4, -0.2) is 0 Å². The van der Waals surface area contributed by atoms with E-state index in [1.807, 2.05) is 38.2 Å². The van der Waals surface area contributed by atoms with Gasteiger partial charge < -0.3 is 5.73 Å². The lowest BCUT2D eigenvalue weighted by Crippen LogP contribution is -1.77. The molecule has 0 aliphatic carbocycles. The Labute approximate surface area is 56.6 Å². The Morgan fingerprint density at radius 2 is 1.89 bits per heavy atom. The lowest BCUT2D eigenvalue weighted by molar-refractivity contribution is 1.52. The van der Waals surface area contributed by atoms with E-state index in [2.05, 4.69) is 0 Å². The zero-order valence-corrected chi connectivity index (χ0v) is 5.96. The summed E-state index contributed by atoms with van der Waals surface area (Å²) in [7, 11) is 0. The monoisotopic (exact) mass is 123 g/mol. The topological polar surface area (TPSA) is 26.0 Å². The van der Waals surface area contributed by atoms with Crippen LogP contribution in [0, 0.1) is 0 Å². The van der Waals surface area contributed by atoms with E-state index in [0.29, 0.717) is 0 Å². The van der Waals surface area contributed by atoms with Gasteiger partial charge in [-0.2, -0.15) is 0 Å². The highest BCUT2D eigenvalue weighted by Crippen LogP contribution is 1.96. The summed E-state index contributed by atoms with van der Waals surface area (Å²) in [6, 6.07) is 0. The van der Waals surface area contributed by atoms with Gasteiger partial charge in [0.15, 0.2) is 0 Å². The highest BCUT2D eigenvalue weighted by molar-refractivity contribution is 5.28. The van der Waals surface area contributed by atoms with E-state index in [-0.39, 0.29) is 0 Å². The largest absolute Gasteiger partial charge is 0.405 e. The fraction of sp³-hybridized carbons (Fsp3) is 0.250. The number of hydrogen-bond donors (Lipinski definition) is 1. The van der Waals surface area contributed by atoms with Crippen molar-refractivity contribution in [3.63, 3.8) is 0 Å². The van der Waals surface area contributed by atoms with Crippen LogP contribution in [0.5, 0.6) is 0 Å². The molecule has 2 N–H and O–H groups in total. The lowest BCUT2D eigenvalue weighted by Gasteiger charge is -1.86. The second kappa shape index (κ2) is 5.16. The maximum Gasteiger partial charge on any atom is -0.00565 e. The highest BCUT2D eigenvalue weighted by atomic mass is 14.5.